The van der Waals surface area contributed by atoms with E-state index in [4.69, 9.17) is 5.11 Å². The van der Waals surface area contributed by atoms with Gasteiger partial charge in [0, 0.05) is 18.1 Å². The van der Waals surface area contributed by atoms with E-state index in [0.29, 0.717) is 12.0 Å². The summed E-state index contributed by atoms with van der Waals surface area (Å²) in [5.41, 5.74) is 2.82. The van der Waals surface area contributed by atoms with Crippen LogP contribution in [0.4, 0.5) is 0 Å². The van der Waals surface area contributed by atoms with Gasteiger partial charge in [0.05, 0.1) is 5.56 Å². The molecule has 0 spiro atoms. The molecule has 20 heavy (non-hydrogen) atoms. The van der Waals surface area contributed by atoms with Gasteiger partial charge >= 0.3 is 5.97 Å². The van der Waals surface area contributed by atoms with Crippen LogP contribution in [-0.2, 0) is 6.42 Å². The van der Waals surface area contributed by atoms with E-state index in [1.165, 1.54) is 18.2 Å². The van der Waals surface area contributed by atoms with Crippen LogP contribution in [0.5, 0.6) is 5.75 Å². The SMILES string of the molecule is O=C(O)c1ccc(O)c(Cc2ccc3cc[nH]c3c2)c1. The second-order valence-corrected chi connectivity index (χ2v) is 4.72. The fraction of sp³-hybridized carbons (Fsp3) is 0.0625. The number of H-pyrrole nitrogens is 1. The highest BCUT2D eigenvalue weighted by Crippen LogP contribution is 2.23. The lowest BCUT2D eigenvalue weighted by atomic mass is 10.0. The quantitative estimate of drug-likeness (QED) is 0.682. The molecule has 3 aromatic rings. The molecule has 0 fully saturated rings. The van der Waals surface area contributed by atoms with Gasteiger partial charge in [0.15, 0.2) is 0 Å². The van der Waals surface area contributed by atoms with Crippen LogP contribution in [0.25, 0.3) is 10.9 Å². The number of phenols is 1. The van der Waals surface area contributed by atoms with E-state index in [9.17, 15) is 9.90 Å². The van der Waals surface area contributed by atoms with E-state index in [1.54, 1.807) is 0 Å². The first kappa shape index (κ1) is 12.3. The van der Waals surface area contributed by atoms with Crippen molar-refractivity contribution in [1.29, 1.82) is 0 Å². The first-order valence-electron chi connectivity index (χ1n) is 6.25. The third kappa shape index (κ3) is 2.23. The maximum Gasteiger partial charge on any atom is 0.335 e. The lowest BCUT2D eigenvalue weighted by Crippen LogP contribution is -1.98. The highest BCUT2D eigenvalue weighted by molar-refractivity contribution is 5.88. The van der Waals surface area contributed by atoms with Gasteiger partial charge in [0.2, 0.25) is 0 Å². The topological polar surface area (TPSA) is 73.3 Å². The number of carboxylic acid groups (broad SMARTS) is 1. The van der Waals surface area contributed by atoms with Crippen molar-refractivity contribution in [2.24, 2.45) is 0 Å². The first-order valence-corrected chi connectivity index (χ1v) is 6.25. The summed E-state index contributed by atoms with van der Waals surface area (Å²) in [7, 11) is 0. The highest BCUT2D eigenvalue weighted by Gasteiger charge is 2.09. The summed E-state index contributed by atoms with van der Waals surface area (Å²) >= 11 is 0. The van der Waals surface area contributed by atoms with Crippen molar-refractivity contribution >= 4 is 16.9 Å². The second kappa shape index (κ2) is 4.74. The van der Waals surface area contributed by atoms with Gasteiger partial charge in [-0.3, -0.25) is 0 Å². The number of aromatic nitrogens is 1. The molecule has 4 nitrogen and oxygen atoms in total. The van der Waals surface area contributed by atoms with Crippen molar-refractivity contribution in [3.63, 3.8) is 0 Å². The molecule has 0 bridgehead atoms. The zero-order chi connectivity index (χ0) is 14.1. The number of hydrogen-bond donors (Lipinski definition) is 3. The van der Waals surface area contributed by atoms with E-state index in [0.717, 1.165) is 16.5 Å². The van der Waals surface area contributed by atoms with Crippen LogP contribution >= 0.6 is 0 Å². The van der Waals surface area contributed by atoms with Crippen LogP contribution in [-0.4, -0.2) is 21.2 Å². The largest absolute Gasteiger partial charge is 0.508 e. The Morgan fingerprint density at radius 2 is 1.95 bits per heavy atom. The smallest absolute Gasteiger partial charge is 0.335 e. The average molecular weight is 267 g/mol. The van der Waals surface area contributed by atoms with Crippen molar-refractivity contribution in [2.75, 3.05) is 0 Å². The van der Waals surface area contributed by atoms with Gasteiger partial charge < -0.3 is 15.2 Å². The van der Waals surface area contributed by atoms with Gasteiger partial charge in [0.25, 0.3) is 0 Å². The Morgan fingerprint density at radius 1 is 1.10 bits per heavy atom. The molecule has 3 rings (SSSR count). The minimum atomic E-state index is -0.994. The predicted octanol–water partition coefficient (Wildman–Crippen LogP) is 3.16. The fourth-order valence-electron chi connectivity index (χ4n) is 2.28. The lowest BCUT2D eigenvalue weighted by Gasteiger charge is -2.06. The number of aromatic amines is 1. The minimum Gasteiger partial charge on any atom is -0.508 e. The van der Waals surface area contributed by atoms with Crippen LogP contribution in [0, 0.1) is 0 Å². The molecule has 0 radical (unpaired) electrons. The molecular formula is C16H13NO3. The molecule has 4 heteroatoms. The maximum atomic E-state index is 11.0. The molecule has 0 aliphatic carbocycles. The van der Waals surface area contributed by atoms with Crippen molar-refractivity contribution in [1.82, 2.24) is 4.98 Å². The molecule has 3 N–H and O–H groups in total. The van der Waals surface area contributed by atoms with Crippen LogP contribution in [0.2, 0.25) is 0 Å². The number of rotatable bonds is 3. The van der Waals surface area contributed by atoms with E-state index >= 15 is 0 Å². The summed E-state index contributed by atoms with van der Waals surface area (Å²) in [4.78, 5) is 14.1. The highest BCUT2D eigenvalue weighted by atomic mass is 16.4. The van der Waals surface area contributed by atoms with E-state index < -0.39 is 5.97 Å². The molecule has 0 saturated carbocycles. The van der Waals surface area contributed by atoms with E-state index in [1.807, 2.05) is 30.5 Å². The Bertz CT molecular complexity index is 789. The fourth-order valence-corrected chi connectivity index (χ4v) is 2.28. The number of benzene rings is 2. The Morgan fingerprint density at radius 3 is 2.75 bits per heavy atom. The number of fused-ring (bicyclic) bond motifs is 1. The molecule has 0 aliphatic heterocycles. The molecule has 0 saturated heterocycles. The number of phenolic OH excluding ortho intramolecular Hbond substituents is 1. The summed E-state index contributed by atoms with van der Waals surface area (Å²) in [5, 5.41) is 20.0. The Labute approximate surface area is 115 Å². The monoisotopic (exact) mass is 267 g/mol. The van der Waals surface area contributed by atoms with Gasteiger partial charge in [-0.15, -0.1) is 0 Å². The van der Waals surface area contributed by atoms with E-state index in [2.05, 4.69) is 4.98 Å². The van der Waals surface area contributed by atoms with Gasteiger partial charge in [-0.2, -0.15) is 0 Å². The molecule has 1 aromatic heterocycles. The second-order valence-electron chi connectivity index (χ2n) is 4.72. The van der Waals surface area contributed by atoms with Crippen LogP contribution in [0.15, 0.2) is 48.7 Å². The zero-order valence-corrected chi connectivity index (χ0v) is 10.6. The Hall–Kier alpha value is -2.75. The van der Waals surface area contributed by atoms with Crippen molar-refractivity contribution in [3.05, 3.63) is 65.4 Å². The average Bonchev–Trinajstić information content (AvgIpc) is 2.88. The molecular weight excluding hydrogens is 254 g/mol. The number of aromatic carboxylic acids is 1. The predicted molar refractivity (Wildman–Crippen MR) is 76.2 cm³/mol. The van der Waals surface area contributed by atoms with Gasteiger partial charge in [0.1, 0.15) is 5.75 Å². The zero-order valence-electron chi connectivity index (χ0n) is 10.6. The van der Waals surface area contributed by atoms with Crippen molar-refractivity contribution in [2.45, 2.75) is 6.42 Å². The number of nitrogens with one attached hydrogen (secondary N) is 1. The minimum absolute atomic E-state index is 0.113. The summed E-state index contributed by atoms with van der Waals surface area (Å²) < 4.78 is 0. The standard InChI is InChI=1S/C16H13NO3/c18-15-4-3-12(16(19)20)9-13(15)7-10-1-2-11-5-6-17-14(11)8-10/h1-6,8-9,17-18H,7H2,(H,19,20). The molecule has 0 amide bonds. The van der Waals surface area contributed by atoms with Gasteiger partial charge in [-0.05, 0) is 46.8 Å². The summed E-state index contributed by atoms with van der Waals surface area (Å²) in [6.45, 7) is 0. The summed E-state index contributed by atoms with van der Waals surface area (Å²) in [6.07, 6.45) is 2.36. The Kier molecular flexibility index (Phi) is 2.91. The number of hydrogen-bond acceptors (Lipinski definition) is 2. The van der Waals surface area contributed by atoms with Gasteiger partial charge in [-0.25, -0.2) is 4.79 Å². The maximum absolute atomic E-state index is 11.0. The van der Waals surface area contributed by atoms with E-state index in [-0.39, 0.29) is 11.3 Å². The van der Waals surface area contributed by atoms with Crippen LogP contribution < -0.4 is 0 Å². The van der Waals surface area contributed by atoms with Crippen molar-refractivity contribution in [3.8, 4) is 5.75 Å². The Balaban J connectivity index is 1.97. The normalized spacial score (nSPS) is 10.8. The number of carbonyl (C=O) groups is 1. The third-order valence-corrected chi connectivity index (χ3v) is 3.34. The summed E-state index contributed by atoms with van der Waals surface area (Å²) in [5.74, 6) is -0.882. The number of carboxylic acids is 1. The van der Waals surface area contributed by atoms with Crippen LogP contribution in [0.3, 0.4) is 0 Å². The molecule has 0 unspecified atom stereocenters. The molecule has 0 atom stereocenters. The van der Waals surface area contributed by atoms with Crippen LogP contribution in [0.1, 0.15) is 21.5 Å². The van der Waals surface area contributed by atoms with Gasteiger partial charge in [-0.1, -0.05) is 12.1 Å². The summed E-state index contributed by atoms with van der Waals surface area (Å²) in [6, 6.07) is 12.3. The number of aromatic hydroxyl groups is 1. The lowest BCUT2D eigenvalue weighted by molar-refractivity contribution is 0.0697. The van der Waals surface area contributed by atoms with Crippen molar-refractivity contribution < 1.29 is 15.0 Å². The molecule has 1 heterocycles. The first-order chi connectivity index (χ1) is 9.63. The third-order valence-electron chi connectivity index (χ3n) is 3.34. The molecule has 2 aromatic carbocycles. The molecule has 0 aliphatic rings. The molecule has 100 valence electrons.